The summed E-state index contributed by atoms with van der Waals surface area (Å²) in [5.41, 5.74) is 0. The summed E-state index contributed by atoms with van der Waals surface area (Å²) in [6, 6.07) is -0.935. The van der Waals surface area contributed by atoms with Crippen LogP contribution < -0.4 is 5.32 Å². The van der Waals surface area contributed by atoms with Crippen molar-refractivity contribution in [2.24, 2.45) is 5.92 Å². The highest BCUT2D eigenvalue weighted by Crippen LogP contribution is 2.31. The van der Waals surface area contributed by atoms with Gasteiger partial charge in [0.05, 0.1) is 0 Å². The third kappa shape index (κ3) is 4.35. The molecule has 2 amide bonds. The Morgan fingerprint density at radius 1 is 1.19 bits per heavy atom. The molecule has 2 unspecified atom stereocenters. The molecular weight excluding hydrogens is 285 g/mol. The number of hydrogen-bond donors (Lipinski definition) is 1. The van der Waals surface area contributed by atoms with Crippen LogP contribution in [0.4, 0.5) is 18.0 Å². The van der Waals surface area contributed by atoms with E-state index in [4.69, 9.17) is 0 Å². The van der Waals surface area contributed by atoms with Crippen molar-refractivity contribution in [1.82, 2.24) is 10.2 Å². The third-order valence-electron chi connectivity index (χ3n) is 4.32. The number of piperidine rings is 1. The van der Waals surface area contributed by atoms with E-state index in [2.05, 4.69) is 0 Å². The number of nitrogens with one attached hydrogen (secondary N) is 1. The van der Waals surface area contributed by atoms with Gasteiger partial charge < -0.3 is 10.2 Å². The van der Waals surface area contributed by atoms with E-state index in [9.17, 15) is 22.8 Å². The number of carbonyl (C=O) groups is 2. The molecule has 21 heavy (non-hydrogen) atoms. The van der Waals surface area contributed by atoms with Crippen molar-refractivity contribution in [2.45, 2.75) is 57.2 Å². The molecule has 1 N–H and O–H groups in total. The number of nitrogens with zero attached hydrogens (tertiary/aromatic N) is 1. The van der Waals surface area contributed by atoms with Crippen molar-refractivity contribution in [3.63, 3.8) is 0 Å². The number of halogens is 3. The molecule has 1 aliphatic heterocycles. The Labute approximate surface area is 122 Å². The molecule has 1 aliphatic carbocycles. The second kappa shape index (κ2) is 6.66. The molecule has 0 aromatic rings. The van der Waals surface area contributed by atoms with Gasteiger partial charge in [0, 0.05) is 24.9 Å². The molecule has 1 heterocycles. The van der Waals surface area contributed by atoms with Gasteiger partial charge in [-0.2, -0.15) is 13.2 Å². The lowest BCUT2D eigenvalue weighted by molar-refractivity contribution is -0.128. The van der Waals surface area contributed by atoms with Crippen molar-refractivity contribution >= 4 is 11.8 Å². The molecule has 0 aromatic heterocycles. The zero-order valence-corrected chi connectivity index (χ0v) is 11.9. The zero-order valence-electron chi connectivity index (χ0n) is 11.9. The summed E-state index contributed by atoms with van der Waals surface area (Å²) in [4.78, 5) is 25.5. The summed E-state index contributed by atoms with van der Waals surface area (Å²) in [6.07, 6.45) is 1.07. The van der Waals surface area contributed by atoms with E-state index in [1.807, 2.05) is 5.32 Å². The van der Waals surface area contributed by atoms with Crippen molar-refractivity contribution in [3.8, 4) is 0 Å². The van der Waals surface area contributed by atoms with Gasteiger partial charge in [-0.25, -0.2) is 4.79 Å². The SMILES string of the molecule is O=C1CCCCC1C1CCCCN1C(=O)NCC(F)(F)F. The van der Waals surface area contributed by atoms with Gasteiger partial charge in [-0.15, -0.1) is 0 Å². The molecule has 2 aliphatic rings. The summed E-state index contributed by atoms with van der Waals surface area (Å²) in [5, 5.41) is 1.93. The second-order valence-corrected chi connectivity index (χ2v) is 5.85. The average molecular weight is 306 g/mol. The van der Waals surface area contributed by atoms with Gasteiger partial charge in [-0.3, -0.25) is 4.79 Å². The van der Waals surface area contributed by atoms with Crippen LogP contribution in [0.3, 0.4) is 0 Å². The quantitative estimate of drug-likeness (QED) is 0.853. The van der Waals surface area contributed by atoms with Crippen LogP contribution in [0.1, 0.15) is 44.9 Å². The van der Waals surface area contributed by atoms with Crippen molar-refractivity contribution in [1.29, 1.82) is 0 Å². The van der Waals surface area contributed by atoms with E-state index >= 15 is 0 Å². The molecule has 4 nitrogen and oxygen atoms in total. The number of Topliss-reactive ketones (excluding diaryl/α,β-unsaturated/α-hetero) is 1. The van der Waals surface area contributed by atoms with E-state index in [0.29, 0.717) is 19.4 Å². The van der Waals surface area contributed by atoms with E-state index in [-0.39, 0.29) is 17.7 Å². The first-order valence-electron chi connectivity index (χ1n) is 7.52. The molecule has 0 radical (unpaired) electrons. The number of rotatable bonds is 2. The van der Waals surface area contributed by atoms with Crippen LogP contribution >= 0.6 is 0 Å². The average Bonchev–Trinajstić information content (AvgIpc) is 2.44. The Balaban J connectivity index is 2.01. The lowest BCUT2D eigenvalue weighted by Crippen LogP contribution is -2.54. The van der Waals surface area contributed by atoms with Gasteiger partial charge in [-0.1, -0.05) is 6.42 Å². The second-order valence-electron chi connectivity index (χ2n) is 5.85. The zero-order chi connectivity index (χ0) is 15.5. The summed E-state index contributed by atoms with van der Waals surface area (Å²) < 4.78 is 36.6. The van der Waals surface area contributed by atoms with Crippen molar-refractivity contribution in [3.05, 3.63) is 0 Å². The van der Waals surface area contributed by atoms with Crippen LogP contribution in [-0.2, 0) is 4.79 Å². The Morgan fingerprint density at radius 2 is 1.90 bits per heavy atom. The Kier molecular flexibility index (Phi) is 5.11. The number of hydrogen-bond acceptors (Lipinski definition) is 2. The lowest BCUT2D eigenvalue weighted by Gasteiger charge is -2.41. The fraction of sp³-hybridized carbons (Fsp3) is 0.857. The smallest absolute Gasteiger partial charge is 0.329 e. The van der Waals surface area contributed by atoms with E-state index in [0.717, 1.165) is 32.1 Å². The first-order valence-corrected chi connectivity index (χ1v) is 7.52. The van der Waals surface area contributed by atoms with Gasteiger partial charge in [0.25, 0.3) is 0 Å². The van der Waals surface area contributed by atoms with E-state index in [1.165, 1.54) is 4.90 Å². The van der Waals surface area contributed by atoms with Gasteiger partial charge in [0.1, 0.15) is 12.3 Å². The molecule has 2 atom stereocenters. The van der Waals surface area contributed by atoms with E-state index in [1.54, 1.807) is 0 Å². The number of alkyl halides is 3. The molecule has 0 bridgehead atoms. The predicted molar refractivity (Wildman–Crippen MR) is 70.8 cm³/mol. The Hall–Kier alpha value is -1.27. The number of carbonyl (C=O) groups excluding carboxylic acids is 2. The Morgan fingerprint density at radius 3 is 2.57 bits per heavy atom. The minimum Gasteiger partial charge on any atom is -0.329 e. The van der Waals surface area contributed by atoms with Gasteiger partial charge in [0.2, 0.25) is 0 Å². The topological polar surface area (TPSA) is 49.4 Å². The molecule has 1 saturated carbocycles. The fourth-order valence-electron chi connectivity index (χ4n) is 3.32. The molecule has 7 heteroatoms. The molecular formula is C14H21F3N2O2. The molecule has 2 fully saturated rings. The number of amides is 2. The minimum atomic E-state index is -4.42. The largest absolute Gasteiger partial charge is 0.405 e. The fourth-order valence-corrected chi connectivity index (χ4v) is 3.32. The van der Waals surface area contributed by atoms with Gasteiger partial charge >= 0.3 is 12.2 Å². The number of ketones is 1. The number of urea groups is 1. The molecule has 2 rings (SSSR count). The highest BCUT2D eigenvalue weighted by Gasteiger charge is 2.38. The first-order chi connectivity index (χ1) is 9.88. The summed E-state index contributed by atoms with van der Waals surface area (Å²) in [7, 11) is 0. The van der Waals surface area contributed by atoms with Crippen LogP contribution in [0.2, 0.25) is 0 Å². The van der Waals surface area contributed by atoms with Crippen LogP contribution in [0.25, 0.3) is 0 Å². The van der Waals surface area contributed by atoms with Gasteiger partial charge in [0.15, 0.2) is 0 Å². The number of likely N-dealkylation sites (tertiary alicyclic amines) is 1. The highest BCUT2D eigenvalue weighted by molar-refractivity contribution is 5.83. The summed E-state index contributed by atoms with van der Waals surface area (Å²) >= 11 is 0. The van der Waals surface area contributed by atoms with Gasteiger partial charge in [-0.05, 0) is 32.1 Å². The van der Waals surface area contributed by atoms with Crippen LogP contribution in [0.5, 0.6) is 0 Å². The monoisotopic (exact) mass is 306 g/mol. The highest BCUT2D eigenvalue weighted by atomic mass is 19.4. The maximum atomic E-state index is 12.2. The molecule has 0 spiro atoms. The molecule has 0 aromatic carbocycles. The predicted octanol–water partition coefficient (Wildman–Crippen LogP) is 2.87. The summed E-state index contributed by atoms with van der Waals surface area (Å²) in [5.74, 6) is -0.0440. The normalized spacial score (nSPS) is 27.6. The van der Waals surface area contributed by atoms with Crippen LogP contribution in [0.15, 0.2) is 0 Å². The van der Waals surface area contributed by atoms with Crippen molar-refractivity contribution in [2.75, 3.05) is 13.1 Å². The summed E-state index contributed by atoms with van der Waals surface area (Å²) in [6.45, 7) is -0.897. The van der Waals surface area contributed by atoms with Crippen LogP contribution in [-0.4, -0.2) is 42.0 Å². The standard InChI is InChI=1S/C14H21F3N2O2/c15-14(16,17)9-18-13(21)19-8-4-3-6-11(19)10-5-1-2-7-12(10)20/h10-11H,1-9H2,(H,18,21). The lowest BCUT2D eigenvalue weighted by atomic mass is 9.79. The molecule has 120 valence electrons. The first kappa shape index (κ1) is 16.1. The minimum absolute atomic E-state index is 0.154. The van der Waals surface area contributed by atoms with Crippen LogP contribution in [0, 0.1) is 5.92 Å². The van der Waals surface area contributed by atoms with Crippen molar-refractivity contribution < 1.29 is 22.8 Å². The van der Waals surface area contributed by atoms with E-state index < -0.39 is 18.8 Å². The maximum Gasteiger partial charge on any atom is 0.405 e. The molecule has 1 saturated heterocycles. The maximum absolute atomic E-state index is 12.2. The third-order valence-corrected chi connectivity index (χ3v) is 4.32. The Bertz CT molecular complexity index is 398.